The van der Waals surface area contributed by atoms with Gasteiger partial charge in [-0.25, -0.2) is 0 Å². The number of para-hydroxylation sites is 2. The van der Waals surface area contributed by atoms with Crippen molar-refractivity contribution in [3.8, 4) is 5.75 Å². The van der Waals surface area contributed by atoms with Crippen LogP contribution in [0.15, 0.2) is 24.3 Å². The Balaban J connectivity index is 1.71. The van der Waals surface area contributed by atoms with Gasteiger partial charge in [-0.05, 0) is 30.4 Å². The number of likely N-dealkylation sites (tertiary alicyclic amines) is 1. The molecule has 0 saturated carbocycles. The van der Waals surface area contributed by atoms with Crippen molar-refractivity contribution in [2.45, 2.75) is 39.5 Å². The highest BCUT2D eigenvalue weighted by Crippen LogP contribution is 2.39. The molecule has 1 saturated heterocycles. The molecule has 0 radical (unpaired) electrons. The van der Waals surface area contributed by atoms with Crippen LogP contribution in [0.3, 0.4) is 0 Å². The molecule has 1 aliphatic heterocycles. The number of hydrogen-bond donors (Lipinski definition) is 1. The van der Waals surface area contributed by atoms with E-state index in [9.17, 15) is 0 Å². The first-order valence-corrected chi connectivity index (χ1v) is 7.89. The van der Waals surface area contributed by atoms with Crippen molar-refractivity contribution >= 4 is 5.69 Å². The Morgan fingerprint density at radius 2 is 1.80 bits per heavy atom. The minimum Gasteiger partial charge on any atom is -0.490 e. The third kappa shape index (κ3) is 3.66. The van der Waals surface area contributed by atoms with Crippen molar-refractivity contribution in [2.75, 3.05) is 32.0 Å². The van der Waals surface area contributed by atoms with Gasteiger partial charge in [0.15, 0.2) is 0 Å². The minimum atomic E-state index is 0.593. The number of anilines is 1. The van der Waals surface area contributed by atoms with Crippen LogP contribution in [0.2, 0.25) is 0 Å². The number of ether oxygens (including phenoxy) is 1. The van der Waals surface area contributed by atoms with Crippen molar-refractivity contribution in [3.63, 3.8) is 0 Å². The second kappa shape index (κ2) is 6.98. The first-order chi connectivity index (χ1) is 9.69. The van der Waals surface area contributed by atoms with Crippen LogP contribution in [0.1, 0.15) is 39.5 Å². The number of nitrogen functional groups attached to an aromatic ring is 1. The number of benzene rings is 1. The predicted octanol–water partition coefficient (Wildman–Crippen LogP) is 3.55. The molecule has 1 heterocycles. The molecule has 1 aromatic carbocycles. The van der Waals surface area contributed by atoms with E-state index in [2.05, 4.69) is 18.7 Å². The lowest BCUT2D eigenvalue weighted by atomic mass is 9.73. The molecular weight excluding hydrogens is 248 g/mol. The summed E-state index contributed by atoms with van der Waals surface area (Å²) in [5.74, 6) is 0.807. The van der Waals surface area contributed by atoms with Crippen molar-refractivity contribution in [1.82, 2.24) is 4.90 Å². The molecule has 0 amide bonds. The minimum absolute atomic E-state index is 0.593. The van der Waals surface area contributed by atoms with Gasteiger partial charge in [0.25, 0.3) is 0 Å². The summed E-state index contributed by atoms with van der Waals surface area (Å²) in [4.78, 5) is 2.50. The van der Waals surface area contributed by atoms with Crippen molar-refractivity contribution < 1.29 is 4.74 Å². The molecule has 1 aliphatic rings. The average Bonchev–Trinajstić information content (AvgIpc) is 2.39. The van der Waals surface area contributed by atoms with E-state index in [-0.39, 0.29) is 0 Å². The van der Waals surface area contributed by atoms with Crippen LogP contribution in [-0.4, -0.2) is 31.1 Å². The lowest BCUT2D eigenvalue weighted by molar-refractivity contribution is -0.0207. The highest BCUT2D eigenvalue weighted by molar-refractivity contribution is 5.51. The van der Waals surface area contributed by atoms with E-state index in [1.54, 1.807) is 0 Å². The van der Waals surface area contributed by atoms with Crippen molar-refractivity contribution in [3.05, 3.63) is 24.3 Å². The molecule has 2 N–H and O–H groups in total. The van der Waals surface area contributed by atoms with Crippen LogP contribution in [-0.2, 0) is 0 Å². The molecular formula is C17H28N2O. The Hall–Kier alpha value is -1.22. The molecule has 0 spiro atoms. The zero-order chi connectivity index (χ0) is 14.4. The molecule has 0 aromatic heterocycles. The third-order valence-corrected chi connectivity index (χ3v) is 4.26. The van der Waals surface area contributed by atoms with Crippen molar-refractivity contribution in [1.29, 1.82) is 0 Å². The maximum atomic E-state index is 5.87. The highest BCUT2D eigenvalue weighted by Gasteiger charge is 2.40. The van der Waals surface area contributed by atoms with E-state index < -0.39 is 0 Å². The molecule has 0 atom stereocenters. The molecule has 0 unspecified atom stereocenters. The Morgan fingerprint density at radius 1 is 1.15 bits per heavy atom. The van der Waals surface area contributed by atoms with E-state index in [1.807, 2.05) is 24.3 Å². The smallest absolute Gasteiger partial charge is 0.142 e. The summed E-state index contributed by atoms with van der Waals surface area (Å²) in [6.45, 7) is 8.79. The fourth-order valence-corrected chi connectivity index (χ4v) is 3.46. The van der Waals surface area contributed by atoms with Crippen LogP contribution in [0.25, 0.3) is 0 Å². The first kappa shape index (κ1) is 15.2. The molecule has 0 bridgehead atoms. The molecule has 0 aliphatic carbocycles. The van der Waals surface area contributed by atoms with Gasteiger partial charge in [0, 0.05) is 19.6 Å². The quantitative estimate of drug-likeness (QED) is 0.738. The highest BCUT2D eigenvalue weighted by atomic mass is 16.5. The molecule has 112 valence electrons. The van der Waals surface area contributed by atoms with Crippen LogP contribution in [0.4, 0.5) is 5.69 Å². The number of nitrogens with two attached hydrogens (primary N) is 1. The van der Waals surface area contributed by atoms with Gasteiger partial charge in [0.1, 0.15) is 12.4 Å². The second-order valence-corrected chi connectivity index (χ2v) is 6.10. The Kier molecular flexibility index (Phi) is 5.30. The second-order valence-electron chi connectivity index (χ2n) is 6.10. The summed E-state index contributed by atoms with van der Waals surface area (Å²) in [6, 6.07) is 7.71. The van der Waals surface area contributed by atoms with Gasteiger partial charge < -0.3 is 10.5 Å². The maximum absolute atomic E-state index is 5.87. The number of rotatable bonds is 8. The van der Waals surface area contributed by atoms with Crippen LogP contribution < -0.4 is 10.5 Å². The Morgan fingerprint density at radius 3 is 2.40 bits per heavy atom. The maximum Gasteiger partial charge on any atom is 0.142 e. The summed E-state index contributed by atoms with van der Waals surface area (Å²) in [5, 5.41) is 0. The topological polar surface area (TPSA) is 38.5 Å². The Bertz CT molecular complexity index is 405. The molecule has 1 aromatic rings. The van der Waals surface area contributed by atoms with Gasteiger partial charge in [-0.2, -0.15) is 0 Å². The normalized spacial score (nSPS) is 17.7. The fourth-order valence-electron chi connectivity index (χ4n) is 3.46. The largest absolute Gasteiger partial charge is 0.490 e. The standard InChI is InChI=1S/C17H28N2O/c1-3-9-17(10-4-2)13-19(14-17)11-12-20-16-8-6-5-7-15(16)18/h5-8H,3-4,9-14,18H2,1-2H3. The average molecular weight is 276 g/mol. The predicted molar refractivity (Wildman–Crippen MR) is 85.0 cm³/mol. The van der Waals surface area contributed by atoms with E-state index in [0.717, 1.165) is 24.6 Å². The number of hydrogen-bond acceptors (Lipinski definition) is 3. The van der Waals surface area contributed by atoms with Crippen LogP contribution in [0, 0.1) is 5.41 Å². The van der Waals surface area contributed by atoms with Crippen molar-refractivity contribution in [2.24, 2.45) is 5.41 Å². The zero-order valence-electron chi connectivity index (χ0n) is 12.9. The van der Waals surface area contributed by atoms with E-state index in [0.29, 0.717) is 5.41 Å². The van der Waals surface area contributed by atoms with E-state index in [4.69, 9.17) is 10.5 Å². The first-order valence-electron chi connectivity index (χ1n) is 7.89. The summed E-state index contributed by atoms with van der Waals surface area (Å²) >= 11 is 0. The lowest BCUT2D eigenvalue weighted by Crippen LogP contribution is -2.57. The molecule has 2 rings (SSSR count). The van der Waals surface area contributed by atoms with Crippen LogP contribution in [0.5, 0.6) is 5.75 Å². The SMILES string of the molecule is CCCC1(CCC)CN(CCOc2ccccc2N)C1. The van der Waals surface area contributed by atoms with Gasteiger partial charge >= 0.3 is 0 Å². The molecule has 1 fully saturated rings. The fraction of sp³-hybridized carbons (Fsp3) is 0.647. The van der Waals surface area contributed by atoms with E-state index >= 15 is 0 Å². The summed E-state index contributed by atoms with van der Waals surface area (Å²) in [7, 11) is 0. The van der Waals surface area contributed by atoms with Gasteiger partial charge in [-0.1, -0.05) is 38.8 Å². The number of nitrogens with zero attached hydrogens (tertiary/aromatic N) is 1. The van der Waals surface area contributed by atoms with Gasteiger partial charge in [-0.15, -0.1) is 0 Å². The lowest BCUT2D eigenvalue weighted by Gasteiger charge is -2.50. The van der Waals surface area contributed by atoms with E-state index in [1.165, 1.54) is 38.8 Å². The molecule has 3 heteroatoms. The van der Waals surface area contributed by atoms with Gasteiger partial charge in [-0.3, -0.25) is 4.90 Å². The molecule has 20 heavy (non-hydrogen) atoms. The summed E-state index contributed by atoms with van der Waals surface area (Å²) in [6.07, 6.45) is 5.32. The van der Waals surface area contributed by atoms with Gasteiger partial charge in [0.2, 0.25) is 0 Å². The third-order valence-electron chi connectivity index (χ3n) is 4.26. The van der Waals surface area contributed by atoms with Gasteiger partial charge in [0.05, 0.1) is 5.69 Å². The zero-order valence-corrected chi connectivity index (χ0v) is 12.9. The Labute approximate surface area is 123 Å². The monoisotopic (exact) mass is 276 g/mol. The molecule has 3 nitrogen and oxygen atoms in total. The summed E-state index contributed by atoms with van der Waals surface area (Å²) < 4.78 is 5.76. The summed E-state index contributed by atoms with van der Waals surface area (Å²) in [5.41, 5.74) is 7.18. The van der Waals surface area contributed by atoms with Crippen LogP contribution >= 0.6 is 0 Å².